The number of aliphatic hydroxyl groups is 1. The van der Waals surface area contributed by atoms with Crippen LogP contribution in [0.25, 0.3) is 27.7 Å². The number of hydrogen-bond donors (Lipinski definition) is 14. The van der Waals surface area contributed by atoms with Gasteiger partial charge in [0.2, 0.25) is 0 Å². The van der Waals surface area contributed by atoms with Crippen molar-refractivity contribution in [3.05, 3.63) is 240 Å². The fraction of sp³-hybridized carbons (Fsp3) is 0.307. The Kier molecular flexibility index (Phi) is 50.4. The lowest BCUT2D eigenvalue weighted by Gasteiger charge is -2.21. The SMILES string of the molecule is CCOC(=O)CBr.CCOC(=O)Cn1ccn2ccc(Br)c2c1=O.COC(CN)OC.COC(CNC(=O)c1[nH]ncc1Br)OC.Cl.FC1CCNC1.O=C(O)Cn1ccn2ncc(-c3ccc(F)c(C(F)(F)F)c3)c2c1=O.O=C(O)c1[nH]ncc1Br.O=C(O)c1ccn[nH]1.O=C1NCC(O)n2ccc(Br)c21.O=c1[nH]ccn2ccc(Br)c12.OB(O)c1ccc(F)c(C(F)(F)F)c1. The van der Waals surface area contributed by atoms with Gasteiger partial charge in [-0.05, 0) is 166 Å². The number of nitrogens with one attached hydrogen (secondary N) is 7. The maximum Gasteiger partial charge on any atom is 0.488 e. The lowest BCUT2D eigenvalue weighted by molar-refractivity contribution is -0.144. The fourth-order valence-electron chi connectivity index (χ4n) is 10.1. The Morgan fingerprint density at radius 2 is 1.17 bits per heavy atom. The van der Waals surface area contributed by atoms with Crippen LogP contribution in [0.4, 0.5) is 39.5 Å². The van der Waals surface area contributed by atoms with Crippen LogP contribution in [0.1, 0.15) is 79.6 Å². The van der Waals surface area contributed by atoms with Gasteiger partial charge in [-0.1, -0.05) is 28.1 Å². The summed E-state index contributed by atoms with van der Waals surface area (Å²) in [6.07, 6.45) is 9.02. The number of nitrogens with two attached hydrogens (primary N) is 1. The van der Waals surface area contributed by atoms with Crippen LogP contribution in [0, 0.1) is 11.6 Å². The van der Waals surface area contributed by atoms with Crippen LogP contribution in [0.2, 0.25) is 0 Å². The number of aromatic amines is 4. The number of hydrogen-bond acceptors (Lipinski definition) is 25. The van der Waals surface area contributed by atoms with Crippen molar-refractivity contribution >= 4 is 179 Å². The Labute approximate surface area is 796 Å². The first-order valence-electron chi connectivity index (χ1n) is 36.9. The number of aliphatic hydroxyl groups excluding tert-OH is 1. The molecule has 0 saturated carbocycles. The van der Waals surface area contributed by atoms with E-state index >= 15 is 0 Å². The van der Waals surface area contributed by atoms with E-state index in [1.165, 1.54) is 55.8 Å². The van der Waals surface area contributed by atoms with Crippen LogP contribution in [0.15, 0.2) is 178 Å². The van der Waals surface area contributed by atoms with Crippen molar-refractivity contribution in [2.24, 2.45) is 5.73 Å². The minimum Gasteiger partial charge on any atom is -0.480 e. The Balaban J connectivity index is 0.000000383. The number of aromatic nitrogens is 14. The van der Waals surface area contributed by atoms with E-state index in [2.05, 4.69) is 157 Å². The number of nitrogens with zero attached hydrogens (tertiary/aromatic N) is 10. The zero-order valence-electron chi connectivity index (χ0n) is 69.3. The molecule has 15 N–H and O–H groups in total. The van der Waals surface area contributed by atoms with Gasteiger partial charge in [0.05, 0.1) is 65.0 Å². The van der Waals surface area contributed by atoms with Gasteiger partial charge in [0.25, 0.3) is 28.5 Å². The molecule has 0 radical (unpaired) electrons. The number of benzene rings is 2. The molecule has 2 atom stereocenters. The average Bonchev–Trinajstić information content (AvgIpc) is 1.58. The van der Waals surface area contributed by atoms with E-state index in [4.69, 9.17) is 54.8 Å². The highest BCUT2D eigenvalue weighted by Crippen LogP contribution is 2.36. The molecule has 40 nitrogen and oxygen atoms in total. The largest absolute Gasteiger partial charge is 0.488 e. The van der Waals surface area contributed by atoms with E-state index in [0.717, 1.165) is 38.4 Å². The Morgan fingerprint density at radius 1 is 0.629 bits per heavy atom. The number of halogens is 16. The Hall–Kier alpha value is -10.7. The highest BCUT2D eigenvalue weighted by Gasteiger charge is 2.36. The van der Waals surface area contributed by atoms with Crippen LogP contribution in [-0.2, 0) is 68.2 Å². The van der Waals surface area contributed by atoms with Crippen LogP contribution in [-0.4, -0.2) is 245 Å². The summed E-state index contributed by atoms with van der Waals surface area (Å²) < 4.78 is 153. The summed E-state index contributed by atoms with van der Waals surface area (Å²) in [5, 5.41) is 82.0. The molecule has 2 unspecified atom stereocenters. The lowest BCUT2D eigenvalue weighted by atomic mass is 9.79. The third kappa shape index (κ3) is 36.7. The standard InChI is InChI=1S/C15H9F4N3O3.C11H11BrN2O3.C8H12BrN3O3.C7H5BF4O2.C7H7BrN2O2.C7H5BrN2O.C4H3BrN2O2.C4H7BrO2.C4H8FN.C4H4N2O2.C4H11NO2.ClH/c16-11-2-1-8(5-10(11)15(17,18)19)9-6-20-22-4-3-21(7-12(23)24)14(25)13(9)22;1-2-17-9(15)7-14-6-5-13-4-3-8(12)10(13)11(14)16;1-14-6(15-2)4-10-8(13)7-5(9)3-11-12-7;9-6-2-1-4(8(13)14)3-5(6)7(10,11)12;8-4-1-2-10-5(11)3-9-7(12)6(4)10;8-5-1-3-10-4-2-9-7(11)6(5)10;5-2-1-6-7-3(2)4(8)9;1-2-7-4(6)3-5;5-4-1-2-6-3-4;7-4(8)3-1-2-5-6-3;1-6-4(3-5)7-2;/h1-6H,7H2,(H,23,24);3-6H,2,7H2,1H3;3,6H,4H2,1-2H3,(H,10,13)(H,11,12);1-3,13-14H;1-2,5,11H,3H2,(H,9,12);1-4H,(H,9,11);1H,(H,6,7)(H,8,9);2-3H2,1H3;4,6H,1-3H2;1-2H,(H,5,6)(H,7,8);4H,3,5H2,1-2H3;1H. The number of carbonyl (C=O) groups is 7. The van der Waals surface area contributed by atoms with Crippen molar-refractivity contribution in [2.45, 2.75) is 70.7 Å². The average molecular weight is 2290 g/mol. The molecular formula is C75H83BBr6ClF9N18O22. The van der Waals surface area contributed by atoms with Crippen LogP contribution in [0.5, 0.6) is 0 Å². The van der Waals surface area contributed by atoms with Crippen molar-refractivity contribution in [3.63, 3.8) is 0 Å². The predicted molar refractivity (Wildman–Crippen MR) is 478 cm³/mol. The number of methoxy groups -OCH3 is 4. The topological polar surface area (TPSA) is 552 Å². The number of aromatic carboxylic acids is 2. The molecule has 2 aliphatic heterocycles. The number of aliphatic carboxylic acids is 1. The molecule has 14 rings (SSSR count). The minimum absolute atomic E-state index is 0. The lowest BCUT2D eigenvalue weighted by Crippen LogP contribution is -2.38. The third-order valence-corrected chi connectivity index (χ3v) is 19.9. The van der Waals surface area contributed by atoms with E-state index < -0.39 is 102 Å². The third-order valence-electron chi connectivity index (χ3n) is 16.3. The predicted octanol–water partition coefficient (Wildman–Crippen LogP) is 8.98. The number of H-pyrrole nitrogens is 4. The molecule has 1 fully saturated rings. The normalized spacial score (nSPS) is 12.7. The van der Waals surface area contributed by atoms with Crippen LogP contribution in [0.3, 0.4) is 0 Å². The number of fused-ring (bicyclic) bond motifs is 4. The summed E-state index contributed by atoms with van der Waals surface area (Å²) in [6.45, 7) is 5.99. The molecular weight excluding hydrogens is 2200 g/mol. The molecule has 10 aromatic heterocycles. The molecule has 1 saturated heterocycles. The second-order valence-corrected chi connectivity index (χ2v) is 29.9. The number of ether oxygens (including phenoxy) is 6. The van der Waals surface area contributed by atoms with E-state index in [1.54, 1.807) is 90.7 Å². The van der Waals surface area contributed by atoms with Gasteiger partial charge in [0.1, 0.15) is 76.1 Å². The second-order valence-electron chi connectivity index (χ2n) is 25.1. The van der Waals surface area contributed by atoms with Gasteiger partial charge >= 0.3 is 49.3 Å². The van der Waals surface area contributed by atoms with Gasteiger partial charge in [-0.2, -0.15) is 46.7 Å². The number of alkyl halides is 8. The van der Waals surface area contributed by atoms with Crippen LogP contribution < -0.4 is 43.8 Å². The molecule has 2 aromatic carbocycles. The van der Waals surface area contributed by atoms with Crippen molar-refractivity contribution < 1.29 is 132 Å². The number of β-amino-alcohol motifs (C(OH)–C–C–N with tert-alkyl or cyclic N) is 1. The minimum atomic E-state index is -4.90. The van der Waals surface area contributed by atoms with E-state index in [-0.39, 0.29) is 95.3 Å². The van der Waals surface area contributed by atoms with E-state index in [1.807, 2.05) is 12.3 Å². The second kappa shape index (κ2) is 57.7. The van der Waals surface area contributed by atoms with E-state index in [9.17, 15) is 92.6 Å². The number of carboxylic acids is 3. The van der Waals surface area contributed by atoms with E-state index in [0.29, 0.717) is 103 Å². The number of amides is 2. The first-order valence-corrected chi connectivity index (χ1v) is 42.0. The van der Waals surface area contributed by atoms with Gasteiger partial charge in [-0.3, -0.25) is 53.7 Å². The zero-order valence-corrected chi connectivity index (χ0v) is 79.6. The van der Waals surface area contributed by atoms with Gasteiger partial charge in [0, 0.05) is 122 Å². The molecule has 2 amide bonds. The molecule has 57 heteroatoms. The summed E-state index contributed by atoms with van der Waals surface area (Å²) in [5.74, 6) is -7.17. The van der Waals surface area contributed by atoms with Crippen molar-refractivity contribution in [3.8, 4) is 11.1 Å². The molecule has 0 aliphatic carbocycles. The highest BCUT2D eigenvalue weighted by atomic mass is 79.9. The van der Waals surface area contributed by atoms with Gasteiger partial charge in [0.15, 0.2) is 18.3 Å². The first-order chi connectivity index (χ1) is 61.9. The molecule has 720 valence electrons. The molecule has 12 heterocycles. The van der Waals surface area contributed by atoms with Crippen molar-refractivity contribution in [1.29, 1.82) is 0 Å². The highest BCUT2D eigenvalue weighted by molar-refractivity contribution is 9.11. The van der Waals surface area contributed by atoms with Crippen LogP contribution >= 0.6 is 108 Å². The number of carboxylic acid groups (broad SMARTS) is 3. The summed E-state index contributed by atoms with van der Waals surface area (Å²) in [6, 6.07) is 10.9. The maximum atomic E-state index is 13.4. The molecule has 132 heavy (non-hydrogen) atoms. The number of carbonyl (C=O) groups excluding carboxylic acids is 4. The summed E-state index contributed by atoms with van der Waals surface area (Å²) in [5.41, 5.74) is 2.79. The molecule has 0 spiro atoms. The van der Waals surface area contributed by atoms with Gasteiger partial charge in [-0.25, -0.2) is 27.3 Å². The Morgan fingerprint density at radius 3 is 1.62 bits per heavy atom. The maximum absolute atomic E-state index is 13.4. The summed E-state index contributed by atoms with van der Waals surface area (Å²) in [7, 11) is 4.08. The summed E-state index contributed by atoms with van der Waals surface area (Å²) in [4.78, 5) is 113. The molecule has 2 aliphatic rings. The number of rotatable bonds is 19. The molecule has 12 aromatic rings. The van der Waals surface area contributed by atoms with Gasteiger partial charge in [-0.15, -0.1) is 12.4 Å². The Bertz CT molecular complexity index is 5860. The smallest absolute Gasteiger partial charge is 0.480 e. The van der Waals surface area contributed by atoms with Crippen molar-refractivity contribution in [2.75, 3.05) is 79.7 Å². The molecule has 0 bridgehead atoms. The zero-order chi connectivity index (χ0) is 98.2. The monoisotopic (exact) mass is 2280 g/mol. The number of esters is 2. The summed E-state index contributed by atoms with van der Waals surface area (Å²) >= 11 is 18.9. The first kappa shape index (κ1) is 115. The quantitative estimate of drug-likeness (QED) is 0.0118. The van der Waals surface area contributed by atoms with Crippen molar-refractivity contribution in [1.82, 2.24) is 83.6 Å². The van der Waals surface area contributed by atoms with Gasteiger partial charge < -0.3 is 108 Å². The fourth-order valence-corrected chi connectivity index (χ4v) is 12.5.